The SMILES string of the molecule is COCCCNC(=O)c1cc(-c2cccc(OC)c2)nc2ccc(C)cc12. The normalized spacial score (nSPS) is 10.8. The number of rotatable bonds is 7. The van der Waals surface area contributed by atoms with E-state index in [-0.39, 0.29) is 5.91 Å². The summed E-state index contributed by atoms with van der Waals surface area (Å²) in [7, 11) is 3.29. The number of carbonyl (C=O) groups excluding carboxylic acids is 1. The molecule has 5 nitrogen and oxygen atoms in total. The largest absolute Gasteiger partial charge is 0.497 e. The van der Waals surface area contributed by atoms with Crippen molar-refractivity contribution in [3.05, 3.63) is 59.7 Å². The highest BCUT2D eigenvalue weighted by Crippen LogP contribution is 2.27. The van der Waals surface area contributed by atoms with Gasteiger partial charge in [-0.05, 0) is 43.7 Å². The lowest BCUT2D eigenvalue weighted by Gasteiger charge is -2.12. The van der Waals surface area contributed by atoms with E-state index in [4.69, 9.17) is 14.5 Å². The van der Waals surface area contributed by atoms with Crippen LogP contribution in [0.3, 0.4) is 0 Å². The molecule has 0 saturated carbocycles. The lowest BCUT2D eigenvalue weighted by Crippen LogP contribution is -2.25. The highest BCUT2D eigenvalue weighted by molar-refractivity contribution is 6.07. The Kier molecular flexibility index (Phi) is 6.04. The van der Waals surface area contributed by atoms with Gasteiger partial charge in [0.2, 0.25) is 0 Å². The number of ether oxygens (including phenoxy) is 2. The molecule has 0 atom stereocenters. The van der Waals surface area contributed by atoms with Gasteiger partial charge in [-0.15, -0.1) is 0 Å². The molecule has 2 aromatic carbocycles. The van der Waals surface area contributed by atoms with Crippen LogP contribution in [0.5, 0.6) is 5.75 Å². The molecule has 140 valence electrons. The summed E-state index contributed by atoms with van der Waals surface area (Å²) in [6, 6.07) is 15.5. The highest BCUT2D eigenvalue weighted by atomic mass is 16.5. The molecule has 0 aliphatic heterocycles. The van der Waals surface area contributed by atoms with Gasteiger partial charge in [0.05, 0.1) is 23.9 Å². The van der Waals surface area contributed by atoms with Crippen LogP contribution in [0.25, 0.3) is 22.2 Å². The lowest BCUT2D eigenvalue weighted by atomic mass is 10.0. The van der Waals surface area contributed by atoms with E-state index in [2.05, 4.69) is 5.32 Å². The van der Waals surface area contributed by atoms with Crippen molar-refractivity contribution in [3.63, 3.8) is 0 Å². The van der Waals surface area contributed by atoms with Crippen LogP contribution >= 0.6 is 0 Å². The first-order valence-electron chi connectivity index (χ1n) is 8.95. The zero-order valence-electron chi connectivity index (χ0n) is 15.9. The standard InChI is InChI=1S/C22H24N2O3/c1-15-8-9-20-18(12-15)19(22(25)23-10-5-11-26-2)14-21(24-20)16-6-4-7-17(13-16)27-3/h4,6-9,12-14H,5,10-11H2,1-3H3,(H,23,25). The summed E-state index contributed by atoms with van der Waals surface area (Å²) in [6.07, 6.45) is 0.771. The second-order valence-electron chi connectivity index (χ2n) is 6.41. The number of methoxy groups -OCH3 is 2. The predicted molar refractivity (Wildman–Crippen MR) is 107 cm³/mol. The number of pyridine rings is 1. The summed E-state index contributed by atoms with van der Waals surface area (Å²) in [4.78, 5) is 17.6. The Morgan fingerprint density at radius 3 is 2.74 bits per heavy atom. The number of aryl methyl sites for hydroxylation is 1. The molecule has 5 heteroatoms. The lowest BCUT2D eigenvalue weighted by molar-refractivity contribution is 0.0950. The molecule has 0 unspecified atom stereocenters. The fraction of sp³-hybridized carbons (Fsp3) is 0.273. The molecule has 3 rings (SSSR count). The number of amides is 1. The van der Waals surface area contributed by atoms with Gasteiger partial charge in [-0.2, -0.15) is 0 Å². The monoisotopic (exact) mass is 364 g/mol. The minimum atomic E-state index is -0.103. The molecule has 1 N–H and O–H groups in total. The average molecular weight is 364 g/mol. The number of fused-ring (bicyclic) bond motifs is 1. The summed E-state index contributed by atoms with van der Waals surface area (Å²) >= 11 is 0. The Bertz CT molecular complexity index is 953. The van der Waals surface area contributed by atoms with Gasteiger partial charge < -0.3 is 14.8 Å². The van der Waals surface area contributed by atoms with Crippen molar-refractivity contribution in [2.75, 3.05) is 27.4 Å². The Labute approximate surface area is 159 Å². The average Bonchev–Trinajstić information content (AvgIpc) is 2.70. The van der Waals surface area contributed by atoms with Crippen molar-refractivity contribution in [3.8, 4) is 17.0 Å². The second kappa shape index (κ2) is 8.64. The molecule has 0 saturated heterocycles. The molecule has 0 aliphatic rings. The van der Waals surface area contributed by atoms with E-state index < -0.39 is 0 Å². The smallest absolute Gasteiger partial charge is 0.252 e. The Hall–Kier alpha value is -2.92. The van der Waals surface area contributed by atoms with E-state index in [1.54, 1.807) is 14.2 Å². The van der Waals surface area contributed by atoms with Gasteiger partial charge in [-0.3, -0.25) is 4.79 Å². The molecule has 1 heterocycles. The molecular weight excluding hydrogens is 340 g/mol. The van der Waals surface area contributed by atoms with Crippen molar-refractivity contribution in [2.24, 2.45) is 0 Å². The second-order valence-corrected chi connectivity index (χ2v) is 6.41. The van der Waals surface area contributed by atoms with Gasteiger partial charge in [-0.25, -0.2) is 4.98 Å². The molecule has 0 spiro atoms. The van der Waals surface area contributed by atoms with E-state index in [0.717, 1.165) is 39.9 Å². The molecule has 0 bridgehead atoms. The molecule has 1 aromatic heterocycles. The van der Waals surface area contributed by atoms with Crippen LogP contribution in [0.2, 0.25) is 0 Å². The van der Waals surface area contributed by atoms with Crippen LogP contribution in [0.1, 0.15) is 22.3 Å². The van der Waals surface area contributed by atoms with Crippen LogP contribution in [-0.2, 0) is 4.74 Å². The Morgan fingerprint density at radius 1 is 1.11 bits per heavy atom. The third-order valence-electron chi connectivity index (χ3n) is 4.39. The number of benzene rings is 2. The third kappa shape index (κ3) is 4.44. The Morgan fingerprint density at radius 2 is 1.96 bits per heavy atom. The fourth-order valence-electron chi connectivity index (χ4n) is 2.97. The predicted octanol–water partition coefficient (Wildman–Crippen LogP) is 3.99. The first-order valence-corrected chi connectivity index (χ1v) is 8.95. The molecule has 0 radical (unpaired) electrons. The van der Waals surface area contributed by atoms with Crippen LogP contribution in [0.15, 0.2) is 48.5 Å². The van der Waals surface area contributed by atoms with Crippen molar-refractivity contribution in [1.29, 1.82) is 0 Å². The van der Waals surface area contributed by atoms with Crippen molar-refractivity contribution in [2.45, 2.75) is 13.3 Å². The molecule has 0 fully saturated rings. The van der Waals surface area contributed by atoms with Crippen molar-refractivity contribution in [1.82, 2.24) is 10.3 Å². The van der Waals surface area contributed by atoms with Gasteiger partial charge in [0.1, 0.15) is 5.75 Å². The first kappa shape index (κ1) is 18.9. The number of aromatic nitrogens is 1. The van der Waals surface area contributed by atoms with Gasteiger partial charge in [0.25, 0.3) is 5.91 Å². The van der Waals surface area contributed by atoms with Gasteiger partial charge in [0.15, 0.2) is 0 Å². The van der Waals surface area contributed by atoms with Crippen molar-refractivity contribution >= 4 is 16.8 Å². The van der Waals surface area contributed by atoms with Crippen LogP contribution in [-0.4, -0.2) is 38.3 Å². The topological polar surface area (TPSA) is 60.5 Å². The van der Waals surface area contributed by atoms with Gasteiger partial charge in [-0.1, -0.05) is 23.8 Å². The molecule has 27 heavy (non-hydrogen) atoms. The summed E-state index contributed by atoms with van der Waals surface area (Å²) in [5.74, 6) is 0.650. The zero-order valence-corrected chi connectivity index (χ0v) is 15.9. The summed E-state index contributed by atoms with van der Waals surface area (Å²) < 4.78 is 10.4. The van der Waals surface area contributed by atoms with E-state index in [1.807, 2.05) is 55.5 Å². The van der Waals surface area contributed by atoms with Crippen LogP contribution in [0.4, 0.5) is 0 Å². The highest BCUT2D eigenvalue weighted by Gasteiger charge is 2.14. The molecule has 1 amide bonds. The van der Waals surface area contributed by atoms with E-state index >= 15 is 0 Å². The molecule has 0 aliphatic carbocycles. The van der Waals surface area contributed by atoms with Crippen molar-refractivity contribution < 1.29 is 14.3 Å². The number of nitrogens with one attached hydrogen (secondary N) is 1. The quantitative estimate of drug-likeness (QED) is 0.644. The zero-order chi connectivity index (χ0) is 19.2. The minimum Gasteiger partial charge on any atom is -0.497 e. The maximum atomic E-state index is 12.8. The maximum absolute atomic E-state index is 12.8. The third-order valence-corrected chi connectivity index (χ3v) is 4.39. The molecular formula is C22H24N2O3. The van der Waals surface area contributed by atoms with Crippen LogP contribution < -0.4 is 10.1 Å². The number of nitrogens with zero attached hydrogens (tertiary/aromatic N) is 1. The van der Waals surface area contributed by atoms with E-state index in [1.165, 1.54) is 0 Å². The van der Waals surface area contributed by atoms with E-state index in [9.17, 15) is 4.79 Å². The Balaban J connectivity index is 2.03. The first-order chi connectivity index (χ1) is 13.1. The fourth-order valence-corrected chi connectivity index (χ4v) is 2.97. The summed E-state index contributed by atoms with van der Waals surface area (Å²) in [6.45, 7) is 3.19. The van der Waals surface area contributed by atoms with Gasteiger partial charge in [0, 0.05) is 31.2 Å². The molecule has 3 aromatic rings. The van der Waals surface area contributed by atoms with Crippen LogP contribution in [0, 0.1) is 6.92 Å². The summed E-state index contributed by atoms with van der Waals surface area (Å²) in [5, 5.41) is 3.83. The van der Waals surface area contributed by atoms with Gasteiger partial charge >= 0.3 is 0 Å². The summed E-state index contributed by atoms with van der Waals surface area (Å²) in [5.41, 5.74) is 4.16. The maximum Gasteiger partial charge on any atom is 0.252 e. The number of carbonyl (C=O) groups is 1. The van der Waals surface area contributed by atoms with E-state index in [0.29, 0.717) is 18.7 Å². The minimum absolute atomic E-state index is 0.103. The number of hydrogen-bond acceptors (Lipinski definition) is 4. The number of hydrogen-bond donors (Lipinski definition) is 1.